The largest absolute Gasteiger partial charge is 0.484 e. The van der Waals surface area contributed by atoms with Crippen LogP contribution in [-0.4, -0.2) is 63.7 Å². The number of anilines is 1. The molecule has 2 atom stereocenters. The molecule has 5 aromatic rings. The highest BCUT2D eigenvalue weighted by Gasteiger charge is 2.18. The number of halogens is 1. The number of amides is 1. The second-order valence-electron chi connectivity index (χ2n) is 9.51. The molecule has 3 heterocycles. The summed E-state index contributed by atoms with van der Waals surface area (Å²) in [5.74, 6) is 0.0807. The number of nitrogens with one attached hydrogen (secondary N) is 1. The molecule has 218 valence electrons. The maximum atomic E-state index is 15.0. The van der Waals surface area contributed by atoms with Gasteiger partial charge < -0.3 is 24.1 Å². The Morgan fingerprint density at radius 2 is 1.88 bits per heavy atom. The van der Waals surface area contributed by atoms with E-state index in [0.29, 0.717) is 33.1 Å². The van der Waals surface area contributed by atoms with Gasteiger partial charge in [0.05, 0.1) is 46.9 Å². The van der Waals surface area contributed by atoms with Crippen molar-refractivity contribution in [1.82, 2.24) is 19.9 Å². The Labute approximate surface area is 244 Å². The normalized spacial score (nSPS) is 12.6. The molecule has 0 spiro atoms. The van der Waals surface area contributed by atoms with Crippen molar-refractivity contribution in [3.05, 3.63) is 60.2 Å². The van der Waals surface area contributed by atoms with Crippen molar-refractivity contribution in [3.63, 3.8) is 0 Å². The summed E-state index contributed by atoms with van der Waals surface area (Å²) in [6.45, 7) is 4.99. The average molecular weight is 594 g/mol. The third kappa shape index (κ3) is 6.64. The molecule has 2 aromatic carbocycles. The summed E-state index contributed by atoms with van der Waals surface area (Å²) in [6.07, 6.45) is 1.17. The molecule has 0 saturated heterocycles. The Hall–Kier alpha value is -4.62. The molecule has 0 aliphatic heterocycles. The standard InChI is InChI=1S/C29H28FN5O6S/c1-15-7-19(27-22(8-15)34-26(38-4)12-32-27)28-35-21-10-20(30)23(11-24(21)42-28)40-17(3)14-39-29(37)33-18-5-6-31-25(9-18)41-16(2)13-36/h5-12,16-17,36H,13-14H2,1-4H3,(H,31,33,37)/t16-,17+/m1/s1. The number of aromatic nitrogens is 4. The predicted molar refractivity (Wildman–Crippen MR) is 156 cm³/mol. The molecule has 0 fully saturated rings. The van der Waals surface area contributed by atoms with Crippen molar-refractivity contribution < 1.29 is 33.2 Å². The number of fused-ring (bicyclic) bond motifs is 2. The van der Waals surface area contributed by atoms with E-state index in [4.69, 9.17) is 24.1 Å². The van der Waals surface area contributed by atoms with Crippen LogP contribution in [0.4, 0.5) is 14.9 Å². The monoisotopic (exact) mass is 593 g/mol. The van der Waals surface area contributed by atoms with Gasteiger partial charge in [-0.3, -0.25) is 5.32 Å². The minimum absolute atomic E-state index is 0.0155. The van der Waals surface area contributed by atoms with Crippen molar-refractivity contribution in [2.75, 3.05) is 25.6 Å². The van der Waals surface area contributed by atoms with Crippen LogP contribution in [0.5, 0.6) is 17.5 Å². The van der Waals surface area contributed by atoms with Crippen LogP contribution in [0.3, 0.4) is 0 Å². The second-order valence-corrected chi connectivity index (χ2v) is 10.5. The topological polar surface area (TPSA) is 138 Å². The number of hydrogen-bond donors (Lipinski definition) is 2. The van der Waals surface area contributed by atoms with E-state index in [-0.39, 0.29) is 24.8 Å². The van der Waals surface area contributed by atoms with Crippen LogP contribution >= 0.6 is 11.3 Å². The van der Waals surface area contributed by atoms with Crippen LogP contribution in [-0.2, 0) is 4.74 Å². The molecule has 0 saturated carbocycles. The summed E-state index contributed by atoms with van der Waals surface area (Å²) in [5, 5.41) is 12.4. The third-order valence-corrected chi connectivity index (χ3v) is 7.04. The highest BCUT2D eigenvalue weighted by atomic mass is 32.1. The fraction of sp³-hybridized carbons (Fsp3) is 0.276. The molecule has 3 aromatic heterocycles. The minimum Gasteiger partial charge on any atom is -0.484 e. The Bertz CT molecular complexity index is 1750. The lowest BCUT2D eigenvalue weighted by atomic mass is 10.1. The number of pyridine rings is 1. The number of carbonyl (C=O) groups excluding carboxylic acids is 1. The molecule has 2 N–H and O–H groups in total. The molecule has 13 heteroatoms. The van der Waals surface area contributed by atoms with Gasteiger partial charge in [-0.25, -0.2) is 29.1 Å². The number of ether oxygens (including phenoxy) is 4. The first-order valence-electron chi connectivity index (χ1n) is 13.0. The van der Waals surface area contributed by atoms with Crippen molar-refractivity contribution in [3.8, 4) is 28.1 Å². The summed E-state index contributed by atoms with van der Waals surface area (Å²) in [7, 11) is 1.53. The van der Waals surface area contributed by atoms with Gasteiger partial charge in [0.2, 0.25) is 11.8 Å². The minimum atomic E-state index is -0.730. The first-order chi connectivity index (χ1) is 20.2. The van der Waals surface area contributed by atoms with Crippen molar-refractivity contribution in [1.29, 1.82) is 0 Å². The maximum Gasteiger partial charge on any atom is 0.411 e. The lowest BCUT2D eigenvalue weighted by Gasteiger charge is -2.16. The van der Waals surface area contributed by atoms with E-state index >= 15 is 0 Å². The van der Waals surface area contributed by atoms with E-state index < -0.39 is 24.1 Å². The van der Waals surface area contributed by atoms with Gasteiger partial charge in [-0.1, -0.05) is 0 Å². The fourth-order valence-corrected chi connectivity index (χ4v) is 5.03. The number of aryl methyl sites for hydroxylation is 1. The lowest BCUT2D eigenvalue weighted by Crippen LogP contribution is -2.24. The third-order valence-electron chi connectivity index (χ3n) is 5.99. The van der Waals surface area contributed by atoms with Crippen LogP contribution in [0.2, 0.25) is 0 Å². The maximum absolute atomic E-state index is 15.0. The number of carbonyl (C=O) groups is 1. The number of rotatable bonds is 10. The second kappa shape index (κ2) is 12.5. The summed E-state index contributed by atoms with van der Waals surface area (Å²) < 4.78 is 37.3. The quantitative estimate of drug-likeness (QED) is 0.212. The zero-order valence-electron chi connectivity index (χ0n) is 23.3. The number of aliphatic hydroxyl groups is 1. The Kier molecular flexibility index (Phi) is 8.59. The van der Waals surface area contributed by atoms with Crippen LogP contribution in [0.1, 0.15) is 19.4 Å². The van der Waals surface area contributed by atoms with Crippen molar-refractivity contribution >= 4 is 44.4 Å². The van der Waals surface area contributed by atoms with Crippen LogP contribution in [0, 0.1) is 12.7 Å². The highest BCUT2D eigenvalue weighted by molar-refractivity contribution is 7.21. The van der Waals surface area contributed by atoms with E-state index in [0.717, 1.165) is 15.8 Å². The molecule has 11 nitrogen and oxygen atoms in total. The first kappa shape index (κ1) is 28.9. The molecule has 0 radical (unpaired) electrons. The average Bonchev–Trinajstić information content (AvgIpc) is 3.38. The number of benzene rings is 2. The van der Waals surface area contributed by atoms with Crippen molar-refractivity contribution in [2.45, 2.75) is 33.0 Å². The molecule has 0 bridgehead atoms. The Morgan fingerprint density at radius 1 is 1.05 bits per heavy atom. The van der Waals surface area contributed by atoms with Gasteiger partial charge in [-0.2, -0.15) is 0 Å². The van der Waals surface area contributed by atoms with Gasteiger partial charge in [-0.05, 0) is 44.5 Å². The van der Waals surface area contributed by atoms with E-state index in [1.165, 1.54) is 36.8 Å². The van der Waals surface area contributed by atoms with E-state index in [9.17, 15) is 9.18 Å². The molecule has 5 rings (SSSR count). The van der Waals surface area contributed by atoms with E-state index in [1.807, 2.05) is 19.1 Å². The Balaban J connectivity index is 1.26. The number of hydrogen-bond acceptors (Lipinski definition) is 11. The zero-order valence-corrected chi connectivity index (χ0v) is 24.1. The summed E-state index contributed by atoms with van der Waals surface area (Å²) in [4.78, 5) is 30.0. The summed E-state index contributed by atoms with van der Waals surface area (Å²) >= 11 is 1.38. The highest BCUT2D eigenvalue weighted by Crippen LogP contribution is 2.37. The van der Waals surface area contributed by atoms with Crippen molar-refractivity contribution in [2.24, 2.45) is 0 Å². The predicted octanol–water partition coefficient (Wildman–Crippen LogP) is 5.53. The molecule has 1 amide bonds. The molecular weight excluding hydrogens is 565 g/mol. The molecule has 0 aliphatic carbocycles. The summed E-state index contributed by atoms with van der Waals surface area (Å²) in [5.41, 5.74) is 3.97. The SMILES string of the molecule is COc1cnc2c(-c3nc4cc(F)c(O[C@@H](C)COC(=O)Nc5ccnc(O[C@H](C)CO)c5)cc4s3)cc(C)cc2n1. The van der Waals surface area contributed by atoms with Gasteiger partial charge in [0.1, 0.15) is 23.8 Å². The molecule has 0 aliphatic rings. The molecular formula is C29H28FN5O6S. The fourth-order valence-electron chi connectivity index (χ4n) is 4.04. The van der Waals surface area contributed by atoms with Gasteiger partial charge in [0.15, 0.2) is 11.6 Å². The number of nitrogens with zero attached hydrogens (tertiary/aromatic N) is 4. The van der Waals surface area contributed by atoms with Crippen LogP contribution in [0.15, 0.2) is 48.8 Å². The number of aliphatic hydroxyl groups excluding tert-OH is 1. The Morgan fingerprint density at radius 3 is 2.67 bits per heavy atom. The van der Waals surface area contributed by atoms with Crippen LogP contribution in [0.25, 0.3) is 31.8 Å². The first-order valence-corrected chi connectivity index (χ1v) is 13.8. The van der Waals surface area contributed by atoms with Gasteiger partial charge in [0, 0.05) is 30.0 Å². The number of thiazole rings is 1. The lowest BCUT2D eigenvalue weighted by molar-refractivity contribution is 0.0969. The smallest absolute Gasteiger partial charge is 0.411 e. The van der Waals surface area contributed by atoms with Gasteiger partial charge in [-0.15, -0.1) is 11.3 Å². The van der Waals surface area contributed by atoms with Gasteiger partial charge in [0.25, 0.3) is 0 Å². The number of methoxy groups -OCH3 is 1. The summed E-state index contributed by atoms with van der Waals surface area (Å²) in [6, 6.07) is 9.85. The van der Waals surface area contributed by atoms with E-state index in [1.54, 1.807) is 32.2 Å². The van der Waals surface area contributed by atoms with Gasteiger partial charge >= 0.3 is 6.09 Å². The zero-order chi connectivity index (χ0) is 29.8. The van der Waals surface area contributed by atoms with E-state index in [2.05, 4.69) is 25.3 Å². The molecule has 0 unspecified atom stereocenters. The van der Waals surface area contributed by atoms with Crippen LogP contribution < -0.4 is 19.5 Å². The molecule has 42 heavy (non-hydrogen) atoms.